The third-order valence-corrected chi connectivity index (χ3v) is 6.38. The quantitative estimate of drug-likeness (QED) is 0.526. The summed E-state index contributed by atoms with van der Waals surface area (Å²) in [6.07, 6.45) is 1.34. The van der Waals surface area contributed by atoms with Crippen LogP contribution in [0.4, 0.5) is 11.4 Å². The van der Waals surface area contributed by atoms with E-state index in [0.29, 0.717) is 36.3 Å². The molecule has 0 atom stereocenters. The van der Waals surface area contributed by atoms with Crippen LogP contribution in [0.15, 0.2) is 39.5 Å². The fourth-order valence-corrected chi connectivity index (χ4v) is 4.71. The maximum atomic E-state index is 12.4. The van der Waals surface area contributed by atoms with Crippen LogP contribution < -0.4 is 4.90 Å². The Kier molecular flexibility index (Phi) is 5.06. The molecule has 1 saturated heterocycles. The predicted octanol–water partition coefficient (Wildman–Crippen LogP) is 2.00. The van der Waals surface area contributed by atoms with Crippen molar-refractivity contribution < 1.29 is 17.9 Å². The zero-order chi connectivity index (χ0) is 18.0. The lowest BCUT2D eigenvalue weighted by molar-refractivity contribution is -0.384. The largest absolute Gasteiger partial charge is 0.368 e. The Bertz CT molecular complexity index is 863. The zero-order valence-electron chi connectivity index (χ0n) is 13.0. The number of sulfonamides is 1. The summed E-state index contributed by atoms with van der Waals surface area (Å²) < 4.78 is 31.6. The highest BCUT2D eigenvalue weighted by Gasteiger charge is 2.28. The van der Waals surface area contributed by atoms with E-state index in [9.17, 15) is 18.5 Å². The monoisotopic (exact) mass is 430 g/mol. The summed E-state index contributed by atoms with van der Waals surface area (Å²) >= 11 is 3.35. The number of benzene rings is 1. The van der Waals surface area contributed by atoms with E-state index in [0.717, 1.165) is 5.69 Å². The highest BCUT2D eigenvalue weighted by Crippen LogP contribution is 2.31. The number of nitro groups is 1. The number of hydrogen-bond donors (Lipinski definition) is 0. The second-order valence-electron chi connectivity index (χ2n) is 5.53. The lowest BCUT2D eigenvalue weighted by Crippen LogP contribution is -2.49. The highest BCUT2D eigenvalue weighted by molar-refractivity contribution is 9.10. The summed E-state index contributed by atoms with van der Waals surface area (Å²) in [5.74, 6) is -0.190. The molecular formula is C14H15BrN4O5S. The van der Waals surface area contributed by atoms with Crippen molar-refractivity contribution in [2.45, 2.75) is 5.75 Å². The van der Waals surface area contributed by atoms with Crippen molar-refractivity contribution in [2.24, 2.45) is 0 Å². The Hall–Kier alpha value is -1.98. The molecule has 2 aromatic rings. The molecule has 0 aliphatic carbocycles. The first-order chi connectivity index (χ1) is 11.9. The van der Waals surface area contributed by atoms with E-state index in [1.54, 1.807) is 6.07 Å². The Morgan fingerprint density at radius 2 is 1.96 bits per heavy atom. The topological polar surface area (TPSA) is 110 Å². The summed E-state index contributed by atoms with van der Waals surface area (Å²) in [6, 6.07) is 6.08. The number of hydrogen-bond acceptors (Lipinski definition) is 7. The molecule has 0 unspecified atom stereocenters. The van der Waals surface area contributed by atoms with Crippen LogP contribution in [0, 0.1) is 10.1 Å². The van der Waals surface area contributed by atoms with Crippen LogP contribution in [0.1, 0.15) is 5.69 Å². The fourth-order valence-electron chi connectivity index (χ4n) is 2.66. The first kappa shape index (κ1) is 17.8. The van der Waals surface area contributed by atoms with Crippen molar-refractivity contribution in [1.82, 2.24) is 9.46 Å². The number of halogens is 1. The first-order valence-electron chi connectivity index (χ1n) is 7.43. The van der Waals surface area contributed by atoms with Gasteiger partial charge < -0.3 is 9.42 Å². The molecule has 1 aromatic heterocycles. The van der Waals surface area contributed by atoms with Crippen molar-refractivity contribution >= 4 is 37.3 Å². The van der Waals surface area contributed by atoms with Crippen molar-refractivity contribution in [1.29, 1.82) is 0 Å². The van der Waals surface area contributed by atoms with E-state index >= 15 is 0 Å². The molecule has 2 heterocycles. The van der Waals surface area contributed by atoms with Gasteiger partial charge >= 0.3 is 0 Å². The Morgan fingerprint density at radius 1 is 1.24 bits per heavy atom. The van der Waals surface area contributed by atoms with Crippen molar-refractivity contribution in [3.8, 4) is 0 Å². The molecule has 11 heteroatoms. The van der Waals surface area contributed by atoms with E-state index in [1.807, 2.05) is 4.90 Å². The molecule has 0 saturated carbocycles. The standard InChI is InChI=1S/C14H15BrN4O5S/c15-13-9-12(19(20)21)1-2-14(13)17-4-6-18(7-5-17)25(22,23)10-11-3-8-24-16-11/h1-3,8-9H,4-7,10H2. The molecule has 0 radical (unpaired) electrons. The molecule has 0 bridgehead atoms. The molecule has 9 nitrogen and oxygen atoms in total. The van der Waals surface area contributed by atoms with Crippen LogP contribution in [0.3, 0.4) is 0 Å². The molecular weight excluding hydrogens is 416 g/mol. The van der Waals surface area contributed by atoms with Gasteiger partial charge in [-0.15, -0.1) is 0 Å². The molecule has 1 aliphatic rings. The van der Waals surface area contributed by atoms with Crippen LogP contribution in [-0.4, -0.2) is 49.0 Å². The van der Waals surface area contributed by atoms with Crippen LogP contribution >= 0.6 is 15.9 Å². The molecule has 1 aromatic carbocycles. The minimum atomic E-state index is -3.46. The molecule has 3 rings (SSSR count). The molecule has 0 spiro atoms. The smallest absolute Gasteiger partial charge is 0.270 e. The fraction of sp³-hybridized carbons (Fsp3) is 0.357. The normalized spacial score (nSPS) is 16.1. The summed E-state index contributed by atoms with van der Waals surface area (Å²) in [6.45, 7) is 1.66. The minimum absolute atomic E-state index is 0.00412. The van der Waals surface area contributed by atoms with Crippen molar-refractivity contribution in [3.63, 3.8) is 0 Å². The van der Waals surface area contributed by atoms with E-state index in [-0.39, 0.29) is 11.4 Å². The number of aromatic nitrogens is 1. The van der Waals surface area contributed by atoms with Crippen LogP contribution in [0.25, 0.3) is 0 Å². The first-order valence-corrected chi connectivity index (χ1v) is 9.83. The Morgan fingerprint density at radius 3 is 2.52 bits per heavy atom. The van der Waals surface area contributed by atoms with E-state index in [4.69, 9.17) is 0 Å². The molecule has 25 heavy (non-hydrogen) atoms. The number of anilines is 1. The second-order valence-corrected chi connectivity index (χ2v) is 8.35. The van der Waals surface area contributed by atoms with Crippen molar-refractivity contribution in [2.75, 3.05) is 31.1 Å². The zero-order valence-corrected chi connectivity index (χ0v) is 15.4. The number of rotatable bonds is 5. The van der Waals surface area contributed by atoms with Crippen molar-refractivity contribution in [3.05, 3.63) is 50.8 Å². The van der Waals surface area contributed by atoms with Gasteiger partial charge in [0.2, 0.25) is 10.0 Å². The third-order valence-electron chi connectivity index (χ3n) is 3.94. The maximum absolute atomic E-state index is 12.4. The van der Waals surface area contributed by atoms with Gasteiger partial charge in [-0.1, -0.05) is 5.16 Å². The predicted molar refractivity (Wildman–Crippen MR) is 93.7 cm³/mol. The van der Waals surface area contributed by atoms with Gasteiger partial charge in [0.15, 0.2) is 0 Å². The van der Waals surface area contributed by atoms with Gasteiger partial charge in [-0.2, -0.15) is 4.31 Å². The average molecular weight is 431 g/mol. The number of nitrogens with zero attached hydrogens (tertiary/aromatic N) is 4. The van der Waals surface area contributed by atoms with Gasteiger partial charge in [0.25, 0.3) is 5.69 Å². The third kappa shape index (κ3) is 3.99. The molecule has 134 valence electrons. The lowest BCUT2D eigenvalue weighted by Gasteiger charge is -2.35. The summed E-state index contributed by atoms with van der Waals surface area (Å²) in [4.78, 5) is 12.4. The number of piperazine rings is 1. The minimum Gasteiger partial charge on any atom is -0.368 e. The second kappa shape index (κ2) is 7.10. The van der Waals surface area contributed by atoms with Crippen LogP contribution in [-0.2, 0) is 15.8 Å². The average Bonchev–Trinajstić information content (AvgIpc) is 3.07. The van der Waals surface area contributed by atoms with Gasteiger partial charge in [-0.25, -0.2) is 8.42 Å². The molecule has 1 fully saturated rings. The summed E-state index contributed by atoms with van der Waals surface area (Å²) in [5.41, 5.74) is 1.18. The maximum Gasteiger partial charge on any atom is 0.270 e. The highest BCUT2D eigenvalue weighted by atomic mass is 79.9. The van der Waals surface area contributed by atoms with Crippen LogP contribution in [0.5, 0.6) is 0 Å². The van der Waals surface area contributed by atoms with Gasteiger partial charge in [0.05, 0.1) is 16.3 Å². The summed E-state index contributed by atoms with van der Waals surface area (Å²) in [5, 5.41) is 14.5. The molecule has 1 aliphatic heterocycles. The van der Waals surface area contributed by atoms with Gasteiger partial charge in [-0.05, 0) is 22.0 Å². The number of nitro benzene ring substituents is 1. The molecule has 0 N–H and O–H groups in total. The number of non-ortho nitro benzene ring substituents is 1. The van der Waals surface area contributed by atoms with E-state index < -0.39 is 14.9 Å². The van der Waals surface area contributed by atoms with Gasteiger partial charge in [0, 0.05) is 48.9 Å². The van der Waals surface area contributed by atoms with Gasteiger partial charge in [0.1, 0.15) is 12.0 Å². The Balaban J connectivity index is 1.66. The lowest BCUT2D eigenvalue weighted by atomic mass is 10.2. The van der Waals surface area contributed by atoms with Gasteiger partial charge in [-0.3, -0.25) is 10.1 Å². The SMILES string of the molecule is O=[N+]([O-])c1ccc(N2CCN(S(=O)(=O)Cc3ccon3)CC2)c(Br)c1. The van der Waals surface area contributed by atoms with Crippen LogP contribution in [0.2, 0.25) is 0 Å². The van der Waals surface area contributed by atoms with E-state index in [2.05, 4.69) is 25.6 Å². The summed E-state index contributed by atoms with van der Waals surface area (Å²) in [7, 11) is -3.46. The molecule has 0 amide bonds. The van der Waals surface area contributed by atoms with E-state index in [1.165, 1.54) is 28.8 Å². The Labute approximate surface area is 152 Å².